The zero-order valence-corrected chi connectivity index (χ0v) is 13.1. The molecule has 0 saturated heterocycles. The second-order valence-electron chi connectivity index (χ2n) is 5.14. The Kier molecular flexibility index (Phi) is 3.90. The summed E-state index contributed by atoms with van der Waals surface area (Å²) in [5, 5.41) is 13.5. The molecule has 2 aromatic heterocycles. The highest BCUT2D eigenvalue weighted by Crippen LogP contribution is 2.15. The fourth-order valence-electron chi connectivity index (χ4n) is 2.40. The molecule has 0 fully saturated rings. The monoisotopic (exact) mass is 328 g/mol. The van der Waals surface area contributed by atoms with Crippen LogP contribution in [0, 0.1) is 0 Å². The molecule has 0 aliphatic heterocycles. The molecule has 0 unspecified atom stereocenters. The standard InChI is InChI=1S/C15H16N6O3/c1-3-21-11-12(20(2)15(24)18-13(11)23)17-14(21)19-16-8-9-5-4-6-10(22)7-9/h4-8,22H,3H2,1-2H3,(H,17,19)(H,18,23,24). The summed E-state index contributed by atoms with van der Waals surface area (Å²) in [7, 11) is 1.54. The predicted molar refractivity (Wildman–Crippen MR) is 90.6 cm³/mol. The van der Waals surface area contributed by atoms with Crippen molar-refractivity contribution in [2.45, 2.75) is 13.5 Å². The van der Waals surface area contributed by atoms with Gasteiger partial charge in [-0.1, -0.05) is 12.1 Å². The number of H-pyrrole nitrogens is 1. The Balaban J connectivity index is 2.01. The van der Waals surface area contributed by atoms with Gasteiger partial charge in [-0.05, 0) is 24.6 Å². The number of aromatic hydroxyl groups is 1. The highest BCUT2D eigenvalue weighted by Gasteiger charge is 2.15. The molecule has 0 atom stereocenters. The van der Waals surface area contributed by atoms with Crippen LogP contribution < -0.4 is 16.7 Å². The normalized spacial score (nSPS) is 11.4. The number of hydrazone groups is 1. The first-order chi connectivity index (χ1) is 11.5. The lowest BCUT2D eigenvalue weighted by Crippen LogP contribution is -2.29. The minimum atomic E-state index is -0.525. The van der Waals surface area contributed by atoms with Gasteiger partial charge in [-0.15, -0.1) is 0 Å². The Morgan fingerprint density at radius 3 is 2.92 bits per heavy atom. The lowest BCUT2D eigenvalue weighted by Gasteiger charge is -2.04. The summed E-state index contributed by atoms with van der Waals surface area (Å²) in [5.74, 6) is 0.483. The van der Waals surface area contributed by atoms with E-state index in [-0.39, 0.29) is 11.4 Å². The predicted octanol–water partition coefficient (Wildman–Crippen LogP) is 0.595. The van der Waals surface area contributed by atoms with Crippen molar-refractivity contribution in [2.75, 3.05) is 5.43 Å². The number of fused-ring (bicyclic) bond motifs is 1. The third kappa shape index (κ3) is 2.67. The zero-order chi connectivity index (χ0) is 17.3. The smallest absolute Gasteiger partial charge is 0.329 e. The molecule has 9 heteroatoms. The van der Waals surface area contributed by atoms with Crippen LogP contribution in [0.1, 0.15) is 12.5 Å². The van der Waals surface area contributed by atoms with Crippen LogP contribution in [0.2, 0.25) is 0 Å². The van der Waals surface area contributed by atoms with Crippen LogP contribution in [0.4, 0.5) is 5.95 Å². The van der Waals surface area contributed by atoms with E-state index in [2.05, 4.69) is 20.5 Å². The number of nitrogens with zero attached hydrogens (tertiary/aromatic N) is 4. The topological polar surface area (TPSA) is 117 Å². The molecule has 3 rings (SSSR count). The van der Waals surface area contributed by atoms with E-state index in [0.29, 0.717) is 23.6 Å². The molecule has 0 saturated carbocycles. The number of aromatic amines is 1. The molecular weight excluding hydrogens is 312 g/mol. The first-order valence-electron chi connectivity index (χ1n) is 7.29. The van der Waals surface area contributed by atoms with Gasteiger partial charge in [-0.2, -0.15) is 10.1 Å². The largest absolute Gasteiger partial charge is 0.508 e. The maximum Gasteiger partial charge on any atom is 0.329 e. The van der Waals surface area contributed by atoms with Crippen LogP contribution in [0.3, 0.4) is 0 Å². The summed E-state index contributed by atoms with van der Waals surface area (Å²) in [5.41, 5.74) is 3.03. The Hall–Kier alpha value is -3.36. The second-order valence-corrected chi connectivity index (χ2v) is 5.14. The summed E-state index contributed by atoms with van der Waals surface area (Å²) in [6.45, 7) is 2.33. The molecule has 24 heavy (non-hydrogen) atoms. The van der Waals surface area contributed by atoms with Gasteiger partial charge < -0.3 is 9.67 Å². The Labute approximate surface area is 135 Å². The zero-order valence-electron chi connectivity index (χ0n) is 13.1. The maximum atomic E-state index is 12.1. The van der Waals surface area contributed by atoms with E-state index in [1.165, 1.54) is 17.8 Å². The van der Waals surface area contributed by atoms with Gasteiger partial charge in [0.05, 0.1) is 6.21 Å². The number of phenolic OH excluding ortho intramolecular Hbond substituents is 1. The first kappa shape index (κ1) is 15.5. The average Bonchev–Trinajstić information content (AvgIpc) is 2.92. The van der Waals surface area contributed by atoms with Crippen molar-refractivity contribution in [3.63, 3.8) is 0 Å². The molecule has 0 bridgehead atoms. The third-order valence-corrected chi connectivity index (χ3v) is 3.57. The van der Waals surface area contributed by atoms with E-state index in [1.54, 1.807) is 28.8 Å². The Morgan fingerprint density at radius 1 is 1.42 bits per heavy atom. The lowest BCUT2D eigenvalue weighted by molar-refractivity contribution is 0.475. The van der Waals surface area contributed by atoms with Gasteiger partial charge in [-0.25, -0.2) is 10.2 Å². The molecule has 0 aliphatic rings. The number of phenols is 1. The lowest BCUT2D eigenvalue weighted by atomic mass is 10.2. The van der Waals surface area contributed by atoms with E-state index in [4.69, 9.17) is 0 Å². The van der Waals surface area contributed by atoms with Crippen molar-refractivity contribution in [2.24, 2.45) is 12.1 Å². The number of rotatable bonds is 4. The highest BCUT2D eigenvalue weighted by atomic mass is 16.3. The van der Waals surface area contributed by atoms with E-state index in [0.717, 1.165) is 0 Å². The fourth-order valence-corrected chi connectivity index (χ4v) is 2.40. The van der Waals surface area contributed by atoms with Gasteiger partial charge in [0.25, 0.3) is 5.56 Å². The number of nitrogens with one attached hydrogen (secondary N) is 2. The molecule has 124 valence electrons. The van der Waals surface area contributed by atoms with Crippen LogP contribution in [0.15, 0.2) is 39.0 Å². The van der Waals surface area contributed by atoms with Crippen LogP contribution >= 0.6 is 0 Å². The summed E-state index contributed by atoms with van der Waals surface area (Å²) in [6, 6.07) is 6.60. The van der Waals surface area contributed by atoms with Gasteiger partial charge in [-0.3, -0.25) is 14.3 Å². The van der Waals surface area contributed by atoms with E-state index in [1.807, 2.05) is 6.92 Å². The third-order valence-electron chi connectivity index (χ3n) is 3.57. The molecular formula is C15H16N6O3. The van der Waals surface area contributed by atoms with E-state index < -0.39 is 11.2 Å². The van der Waals surface area contributed by atoms with Crippen LogP contribution in [-0.2, 0) is 13.6 Å². The molecule has 2 heterocycles. The molecule has 0 spiro atoms. The van der Waals surface area contributed by atoms with Crippen molar-refractivity contribution in [3.8, 4) is 5.75 Å². The van der Waals surface area contributed by atoms with Crippen LogP contribution in [-0.4, -0.2) is 30.4 Å². The molecule has 3 aromatic rings. The number of aromatic nitrogens is 4. The Bertz CT molecular complexity index is 1040. The Morgan fingerprint density at radius 2 is 2.21 bits per heavy atom. The second kappa shape index (κ2) is 6.03. The molecule has 0 radical (unpaired) electrons. The van der Waals surface area contributed by atoms with Gasteiger partial charge >= 0.3 is 5.69 Å². The maximum absolute atomic E-state index is 12.1. The number of hydrogen-bond acceptors (Lipinski definition) is 6. The molecule has 1 aromatic carbocycles. The van der Waals surface area contributed by atoms with Gasteiger partial charge in [0.1, 0.15) is 5.75 Å². The minimum Gasteiger partial charge on any atom is -0.508 e. The summed E-state index contributed by atoms with van der Waals surface area (Å²) < 4.78 is 2.90. The van der Waals surface area contributed by atoms with E-state index in [9.17, 15) is 14.7 Å². The average molecular weight is 328 g/mol. The molecule has 0 aliphatic carbocycles. The van der Waals surface area contributed by atoms with Crippen molar-refractivity contribution < 1.29 is 5.11 Å². The van der Waals surface area contributed by atoms with Gasteiger partial charge in [0.2, 0.25) is 5.95 Å². The number of anilines is 1. The van der Waals surface area contributed by atoms with Crippen molar-refractivity contribution in [1.29, 1.82) is 0 Å². The molecule has 0 amide bonds. The van der Waals surface area contributed by atoms with Gasteiger partial charge in [0, 0.05) is 13.6 Å². The van der Waals surface area contributed by atoms with Crippen LogP contribution in [0.5, 0.6) is 5.75 Å². The quantitative estimate of drug-likeness (QED) is 0.479. The molecule has 3 N–H and O–H groups in total. The van der Waals surface area contributed by atoms with Crippen molar-refractivity contribution in [1.82, 2.24) is 19.1 Å². The highest BCUT2D eigenvalue weighted by molar-refractivity contribution is 5.81. The number of benzene rings is 1. The summed E-state index contributed by atoms with van der Waals surface area (Å²) >= 11 is 0. The van der Waals surface area contributed by atoms with Crippen molar-refractivity contribution >= 4 is 23.3 Å². The van der Waals surface area contributed by atoms with E-state index >= 15 is 0 Å². The molecule has 9 nitrogen and oxygen atoms in total. The van der Waals surface area contributed by atoms with Crippen molar-refractivity contribution in [3.05, 3.63) is 50.7 Å². The SMILES string of the molecule is CCn1c(NN=Cc2cccc(O)c2)nc2c1c(=O)[nH]c(=O)n2C. The summed E-state index contributed by atoms with van der Waals surface area (Å²) in [6.07, 6.45) is 1.52. The summed E-state index contributed by atoms with van der Waals surface area (Å²) in [4.78, 5) is 30.3. The number of aryl methyl sites for hydroxylation is 2. The van der Waals surface area contributed by atoms with Gasteiger partial charge in [0.15, 0.2) is 11.2 Å². The fraction of sp³-hybridized carbons (Fsp3) is 0.200. The van der Waals surface area contributed by atoms with Crippen LogP contribution in [0.25, 0.3) is 11.2 Å². The number of imidazole rings is 1. The minimum absolute atomic E-state index is 0.140. The number of hydrogen-bond donors (Lipinski definition) is 3. The first-order valence-corrected chi connectivity index (χ1v) is 7.29.